The highest BCUT2D eigenvalue weighted by molar-refractivity contribution is 5.85. The van der Waals surface area contributed by atoms with Crippen LogP contribution in [0.2, 0.25) is 0 Å². The van der Waals surface area contributed by atoms with E-state index >= 15 is 0 Å². The lowest BCUT2D eigenvalue weighted by atomic mass is 9.84. The first-order valence-corrected chi connectivity index (χ1v) is 6.81. The predicted octanol–water partition coefficient (Wildman–Crippen LogP) is 1.81. The van der Waals surface area contributed by atoms with Crippen LogP contribution in [0.5, 0.6) is 0 Å². The molecule has 4 heteroatoms. The number of hydrogen-bond acceptors (Lipinski definition) is 2. The van der Waals surface area contributed by atoms with Crippen LogP contribution < -0.4 is 5.32 Å². The van der Waals surface area contributed by atoms with Gasteiger partial charge in [0.15, 0.2) is 0 Å². The number of hydrogen-bond donors (Lipinski definition) is 1. The Kier molecular flexibility index (Phi) is 3.99. The highest BCUT2D eigenvalue weighted by Gasteiger charge is 2.58. The zero-order valence-corrected chi connectivity index (χ0v) is 11.2. The molecular weight excluding hydrogens is 236 g/mol. The fourth-order valence-electron chi connectivity index (χ4n) is 3.61. The van der Waals surface area contributed by atoms with Crippen molar-refractivity contribution in [2.24, 2.45) is 11.3 Å². The topological polar surface area (TPSA) is 32.3 Å². The van der Waals surface area contributed by atoms with Crippen molar-refractivity contribution in [3.05, 3.63) is 0 Å². The quantitative estimate of drug-likeness (QED) is 0.778. The first-order chi connectivity index (χ1) is 7.82. The van der Waals surface area contributed by atoms with Gasteiger partial charge in [-0.3, -0.25) is 4.79 Å². The second kappa shape index (κ2) is 5.15. The summed E-state index contributed by atoms with van der Waals surface area (Å²) in [6, 6.07) is 0. The molecule has 1 heterocycles. The van der Waals surface area contributed by atoms with E-state index in [1.807, 2.05) is 0 Å². The summed E-state index contributed by atoms with van der Waals surface area (Å²) < 4.78 is 0. The molecule has 0 bridgehead atoms. The van der Waals surface area contributed by atoms with E-state index in [9.17, 15) is 4.79 Å². The Morgan fingerprint density at radius 3 is 2.41 bits per heavy atom. The fraction of sp³-hybridized carbons (Fsp3) is 0.923. The summed E-state index contributed by atoms with van der Waals surface area (Å²) in [5, 5.41) is 3.31. The molecule has 0 aromatic rings. The number of halogens is 1. The van der Waals surface area contributed by atoms with Gasteiger partial charge in [-0.15, -0.1) is 12.4 Å². The molecule has 3 fully saturated rings. The van der Waals surface area contributed by atoms with Gasteiger partial charge < -0.3 is 10.2 Å². The molecule has 0 radical (unpaired) electrons. The number of nitrogens with zero attached hydrogens (tertiary/aromatic N) is 1. The summed E-state index contributed by atoms with van der Waals surface area (Å²) in [5.41, 5.74) is 0.459. The second-order valence-corrected chi connectivity index (χ2v) is 5.76. The Labute approximate surface area is 110 Å². The second-order valence-electron chi connectivity index (χ2n) is 5.76. The van der Waals surface area contributed by atoms with Crippen LogP contribution in [0.15, 0.2) is 0 Å². The minimum absolute atomic E-state index is 0. The lowest BCUT2D eigenvalue weighted by molar-refractivity contribution is -0.134. The fourth-order valence-corrected chi connectivity index (χ4v) is 3.61. The van der Waals surface area contributed by atoms with Crippen LogP contribution in [0.25, 0.3) is 0 Å². The van der Waals surface area contributed by atoms with Crippen LogP contribution in [0, 0.1) is 11.3 Å². The molecule has 1 N–H and O–H groups in total. The summed E-state index contributed by atoms with van der Waals surface area (Å²) in [4.78, 5) is 14.4. The molecular formula is C13H23ClN2O. The smallest absolute Gasteiger partial charge is 0.226 e. The maximum Gasteiger partial charge on any atom is 0.226 e. The third-order valence-electron chi connectivity index (χ3n) is 4.77. The summed E-state index contributed by atoms with van der Waals surface area (Å²) in [6.45, 7) is 3.80. The van der Waals surface area contributed by atoms with E-state index in [-0.39, 0.29) is 12.4 Å². The van der Waals surface area contributed by atoms with Crippen LogP contribution in [0.1, 0.15) is 38.5 Å². The first kappa shape index (κ1) is 13.2. The molecule has 1 atom stereocenters. The minimum Gasteiger partial charge on any atom is -0.340 e. The molecule has 2 saturated carbocycles. The Hall–Kier alpha value is -0.280. The highest BCUT2D eigenvalue weighted by atomic mass is 35.5. The maximum atomic E-state index is 12.3. The largest absolute Gasteiger partial charge is 0.340 e. The number of nitrogens with one attached hydrogen (secondary N) is 1. The van der Waals surface area contributed by atoms with Crippen LogP contribution >= 0.6 is 12.4 Å². The standard InChI is InChI=1S/C13H22N2O.ClH/c16-12(15-8-6-14-7-9-15)11-10-13(11)4-2-1-3-5-13;/h11,14H,1-10H2;1H. The predicted molar refractivity (Wildman–Crippen MR) is 70.3 cm³/mol. The maximum absolute atomic E-state index is 12.3. The number of piperazine rings is 1. The van der Waals surface area contributed by atoms with Gasteiger partial charge in [0.1, 0.15) is 0 Å². The normalized spacial score (nSPS) is 30.8. The van der Waals surface area contributed by atoms with Gasteiger partial charge in [-0.2, -0.15) is 0 Å². The van der Waals surface area contributed by atoms with Gasteiger partial charge in [-0.25, -0.2) is 0 Å². The molecule has 3 aliphatic rings. The lowest BCUT2D eigenvalue weighted by Crippen LogP contribution is -2.47. The number of amides is 1. The SMILES string of the molecule is Cl.O=C(C1CC12CCCCC2)N1CCNCC1. The molecule has 1 spiro atoms. The molecule has 1 amide bonds. The van der Waals surface area contributed by atoms with E-state index in [0.29, 0.717) is 17.2 Å². The zero-order chi connectivity index (χ0) is 11.0. The van der Waals surface area contributed by atoms with E-state index in [2.05, 4.69) is 10.2 Å². The van der Waals surface area contributed by atoms with Crippen molar-refractivity contribution in [1.82, 2.24) is 10.2 Å². The number of carbonyl (C=O) groups excluding carboxylic acids is 1. The van der Waals surface area contributed by atoms with E-state index in [4.69, 9.17) is 0 Å². The monoisotopic (exact) mass is 258 g/mol. The summed E-state index contributed by atoms with van der Waals surface area (Å²) in [6.07, 6.45) is 7.91. The van der Waals surface area contributed by atoms with Gasteiger partial charge in [0.2, 0.25) is 5.91 Å². The van der Waals surface area contributed by atoms with E-state index in [1.54, 1.807) is 0 Å². The van der Waals surface area contributed by atoms with Gasteiger partial charge in [0.05, 0.1) is 0 Å². The van der Waals surface area contributed by atoms with Gasteiger partial charge in [0, 0.05) is 32.1 Å². The van der Waals surface area contributed by atoms with Crippen molar-refractivity contribution in [2.45, 2.75) is 38.5 Å². The molecule has 1 aliphatic heterocycles. The van der Waals surface area contributed by atoms with E-state index in [1.165, 1.54) is 38.5 Å². The van der Waals surface area contributed by atoms with Gasteiger partial charge in [-0.1, -0.05) is 19.3 Å². The van der Waals surface area contributed by atoms with Crippen molar-refractivity contribution in [3.8, 4) is 0 Å². The summed E-state index contributed by atoms with van der Waals surface area (Å²) in [7, 11) is 0. The molecule has 0 aromatic carbocycles. The minimum atomic E-state index is 0. The lowest BCUT2D eigenvalue weighted by Gasteiger charge is -2.29. The van der Waals surface area contributed by atoms with Crippen LogP contribution in [-0.2, 0) is 4.79 Å². The number of carbonyl (C=O) groups is 1. The zero-order valence-electron chi connectivity index (χ0n) is 10.4. The van der Waals surface area contributed by atoms with Crippen LogP contribution in [-0.4, -0.2) is 37.0 Å². The van der Waals surface area contributed by atoms with Crippen molar-refractivity contribution in [3.63, 3.8) is 0 Å². The van der Waals surface area contributed by atoms with Gasteiger partial charge in [0.25, 0.3) is 0 Å². The summed E-state index contributed by atoms with van der Waals surface area (Å²) >= 11 is 0. The molecule has 98 valence electrons. The molecule has 2 aliphatic carbocycles. The Balaban J connectivity index is 0.00000108. The molecule has 1 saturated heterocycles. The molecule has 1 unspecified atom stereocenters. The highest BCUT2D eigenvalue weighted by Crippen LogP contribution is 2.61. The Bertz CT molecular complexity index is 283. The van der Waals surface area contributed by atoms with Crippen molar-refractivity contribution >= 4 is 18.3 Å². The summed E-state index contributed by atoms with van der Waals surface area (Å²) in [5.74, 6) is 0.856. The first-order valence-electron chi connectivity index (χ1n) is 6.81. The van der Waals surface area contributed by atoms with E-state index in [0.717, 1.165) is 26.2 Å². The Morgan fingerprint density at radius 2 is 1.76 bits per heavy atom. The van der Waals surface area contributed by atoms with Gasteiger partial charge in [-0.05, 0) is 24.7 Å². The van der Waals surface area contributed by atoms with E-state index < -0.39 is 0 Å². The van der Waals surface area contributed by atoms with Crippen molar-refractivity contribution in [1.29, 1.82) is 0 Å². The van der Waals surface area contributed by atoms with Crippen LogP contribution in [0.3, 0.4) is 0 Å². The average molecular weight is 259 g/mol. The molecule has 0 aromatic heterocycles. The average Bonchev–Trinajstić information content (AvgIpc) is 3.04. The molecule has 3 nitrogen and oxygen atoms in total. The Morgan fingerprint density at radius 1 is 1.12 bits per heavy atom. The van der Waals surface area contributed by atoms with Gasteiger partial charge >= 0.3 is 0 Å². The number of rotatable bonds is 1. The molecule has 3 rings (SSSR count). The molecule has 17 heavy (non-hydrogen) atoms. The third kappa shape index (κ3) is 2.45. The van der Waals surface area contributed by atoms with Crippen LogP contribution in [0.4, 0.5) is 0 Å². The van der Waals surface area contributed by atoms with Crippen molar-refractivity contribution < 1.29 is 4.79 Å². The third-order valence-corrected chi connectivity index (χ3v) is 4.77. The van der Waals surface area contributed by atoms with Crippen molar-refractivity contribution in [2.75, 3.05) is 26.2 Å².